The number of para-hydroxylation sites is 3. The molecule has 0 bridgehead atoms. The molecular weight excluding hydrogens is 845 g/mol. The Bertz CT molecular complexity index is 3130. The van der Waals surface area contributed by atoms with E-state index in [9.17, 15) is 24.0 Å². The minimum absolute atomic E-state index is 0.00277. The van der Waals surface area contributed by atoms with Gasteiger partial charge in [0.15, 0.2) is 22.9 Å². The first-order valence-corrected chi connectivity index (χ1v) is 20.8. The van der Waals surface area contributed by atoms with E-state index in [1.807, 2.05) is 6.07 Å². The Labute approximate surface area is 376 Å². The highest BCUT2D eigenvalue weighted by Gasteiger charge is 2.35. The number of hydrogen-bond acceptors (Lipinski definition) is 13. The standard InChI is InChI=1S/C49H40N8O9/c1-5-64-47(61)40-36(27-54(50-40)32-17-11-8-12-18-32)44(58)31-23-25-35(26-24-31)57-30(4)39(45(59)37-28-55(33-19-13-9-14-20-33)51-41(37)48(62)65-6-2)43(53-57)46(60)38-29-56(34-21-15-10-16-22-34)52-42(38)49(63)66-7-3/h8-29H,5-7H2,1-4H3. The molecule has 17 heteroatoms. The number of esters is 3. The van der Waals surface area contributed by atoms with E-state index < -0.39 is 35.3 Å². The van der Waals surface area contributed by atoms with Gasteiger partial charge in [0, 0.05) is 24.2 Å². The Balaban J connectivity index is 1.26. The molecule has 0 saturated carbocycles. The van der Waals surface area contributed by atoms with Crippen molar-refractivity contribution in [2.75, 3.05) is 19.8 Å². The lowest BCUT2D eigenvalue weighted by atomic mass is 9.97. The number of ketones is 3. The molecule has 4 aromatic heterocycles. The van der Waals surface area contributed by atoms with Crippen molar-refractivity contribution >= 4 is 35.3 Å². The number of rotatable bonds is 16. The SMILES string of the molecule is CCOC(=O)c1nn(-c2ccccc2)cc1C(=O)c1ccc(-n2nc(C(=O)c3cn(-c4ccccc4)nc3C(=O)OCC)c(C(=O)c3cn(-c4ccccc4)nc3C(=O)OCC)c2C)cc1. The summed E-state index contributed by atoms with van der Waals surface area (Å²) in [5, 5.41) is 17.9. The maximum atomic E-state index is 15.1. The van der Waals surface area contributed by atoms with Gasteiger partial charge in [0.2, 0.25) is 11.6 Å². The minimum Gasteiger partial charge on any atom is -0.461 e. The van der Waals surface area contributed by atoms with E-state index in [1.54, 1.807) is 125 Å². The molecule has 0 unspecified atom stereocenters. The zero-order valence-electron chi connectivity index (χ0n) is 36.1. The lowest BCUT2D eigenvalue weighted by Crippen LogP contribution is -2.16. The molecule has 0 aliphatic heterocycles. The first kappa shape index (κ1) is 43.8. The number of aromatic nitrogens is 8. The average Bonchev–Trinajstić information content (AvgIpc) is 4.17. The molecular formula is C49H40N8O9. The summed E-state index contributed by atoms with van der Waals surface area (Å²) in [4.78, 5) is 83.9. The monoisotopic (exact) mass is 884 g/mol. The third-order valence-corrected chi connectivity index (χ3v) is 10.3. The molecule has 0 atom stereocenters. The highest BCUT2D eigenvalue weighted by molar-refractivity contribution is 6.22. The summed E-state index contributed by atoms with van der Waals surface area (Å²) in [6.07, 6.45) is 4.19. The molecule has 4 heterocycles. The molecule has 0 N–H and O–H groups in total. The second-order valence-corrected chi connectivity index (χ2v) is 14.4. The van der Waals surface area contributed by atoms with Crippen molar-refractivity contribution in [1.29, 1.82) is 0 Å². The normalized spacial score (nSPS) is 11.0. The van der Waals surface area contributed by atoms with Gasteiger partial charge in [-0.25, -0.2) is 33.1 Å². The van der Waals surface area contributed by atoms with Gasteiger partial charge in [-0.3, -0.25) is 14.4 Å². The maximum Gasteiger partial charge on any atom is 0.359 e. The fraction of sp³-hybridized carbons (Fsp3) is 0.143. The van der Waals surface area contributed by atoms with Crippen LogP contribution >= 0.6 is 0 Å². The second-order valence-electron chi connectivity index (χ2n) is 14.4. The molecule has 0 amide bonds. The third kappa shape index (κ3) is 8.47. The van der Waals surface area contributed by atoms with Crippen molar-refractivity contribution in [3.63, 3.8) is 0 Å². The van der Waals surface area contributed by atoms with Crippen LogP contribution in [0.2, 0.25) is 0 Å². The number of hydrogen-bond donors (Lipinski definition) is 0. The van der Waals surface area contributed by atoms with E-state index in [0.717, 1.165) is 0 Å². The van der Waals surface area contributed by atoms with Crippen LogP contribution in [0.1, 0.15) is 106 Å². The molecule has 17 nitrogen and oxygen atoms in total. The van der Waals surface area contributed by atoms with E-state index in [-0.39, 0.29) is 76.1 Å². The molecule has 0 aliphatic rings. The predicted octanol–water partition coefficient (Wildman–Crippen LogP) is 6.96. The number of ether oxygens (including phenoxy) is 3. The molecule has 0 radical (unpaired) electrons. The molecule has 0 saturated heterocycles. The van der Waals surface area contributed by atoms with Crippen LogP contribution in [0.15, 0.2) is 134 Å². The Hall–Kier alpha value is -8.86. The molecule has 4 aromatic carbocycles. The second kappa shape index (κ2) is 18.9. The number of carbonyl (C=O) groups excluding carboxylic acids is 6. The summed E-state index contributed by atoms with van der Waals surface area (Å²) in [5.41, 5.74) is 0.553. The van der Waals surface area contributed by atoms with Crippen molar-refractivity contribution in [2.24, 2.45) is 0 Å². The van der Waals surface area contributed by atoms with Crippen molar-refractivity contribution < 1.29 is 43.0 Å². The van der Waals surface area contributed by atoms with Gasteiger partial charge in [0.1, 0.15) is 5.69 Å². The van der Waals surface area contributed by atoms with Crippen LogP contribution in [-0.2, 0) is 14.2 Å². The Morgan fingerprint density at radius 1 is 0.424 bits per heavy atom. The predicted molar refractivity (Wildman–Crippen MR) is 237 cm³/mol. The highest BCUT2D eigenvalue weighted by atomic mass is 16.5. The number of carbonyl (C=O) groups is 6. The average molecular weight is 885 g/mol. The van der Waals surface area contributed by atoms with Crippen molar-refractivity contribution in [1.82, 2.24) is 39.1 Å². The maximum absolute atomic E-state index is 15.1. The van der Waals surface area contributed by atoms with Crippen LogP contribution < -0.4 is 0 Å². The summed E-state index contributed by atoms with van der Waals surface area (Å²) in [5.74, 6) is -4.70. The van der Waals surface area contributed by atoms with Crippen LogP contribution in [0.3, 0.4) is 0 Å². The summed E-state index contributed by atoms with van der Waals surface area (Å²) >= 11 is 0. The zero-order valence-corrected chi connectivity index (χ0v) is 36.1. The van der Waals surface area contributed by atoms with Crippen LogP contribution in [0.5, 0.6) is 0 Å². The van der Waals surface area contributed by atoms with Gasteiger partial charge in [-0.15, -0.1) is 0 Å². The molecule has 8 rings (SSSR count). The topological polar surface area (TPSA) is 201 Å². The van der Waals surface area contributed by atoms with Crippen LogP contribution in [-0.4, -0.2) is 94.2 Å². The van der Waals surface area contributed by atoms with Gasteiger partial charge < -0.3 is 14.2 Å². The fourth-order valence-corrected chi connectivity index (χ4v) is 7.17. The first-order chi connectivity index (χ1) is 32.0. The third-order valence-electron chi connectivity index (χ3n) is 10.3. The lowest BCUT2D eigenvalue weighted by Gasteiger charge is -2.07. The van der Waals surface area contributed by atoms with Crippen molar-refractivity contribution in [3.05, 3.63) is 190 Å². The molecule has 0 fully saturated rings. The summed E-state index contributed by atoms with van der Waals surface area (Å²) in [6.45, 7) is 6.48. The van der Waals surface area contributed by atoms with Gasteiger partial charge in [0.25, 0.3) is 0 Å². The molecule has 330 valence electrons. The molecule has 0 spiro atoms. The van der Waals surface area contributed by atoms with Crippen LogP contribution in [0.4, 0.5) is 0 Å². The molecule has 0 aliphatic carbocycles. The van der Waals surface area contributed by atoms with Crippen molar-refractivity contribution in [2.45, 2.75) is 27.7 Å². The number of nitrogens with zero attached hydrogens (tertiary/aromatic N) is 8. The van der Waals surface area contributed by atoms with Gasteiger partial charge in [0.05, 0.1) is 70.5 Å². The van der Waals surface area contributed by atoms with Crippen LogP contribution in [0.25, 0.3) is 22.7 Å². The van der Waals surface area contributed by atoms with E-state index >= 15 is 4.79 Å². The number of benzene rings is 4. The minimum atomic E-state index is -0.881. The smallest absolute Gasteiger partial charge is 0.359 e. The molecule has 66 heavy (non-hydrogen) atoms. The fourth-order valence-electron chi connectivity index (χ4n) is 7.17. The van der Waals surface area contributed by atoms with Gasteiger partial charge >= 0.3 is 17.9 Å². The summed E-state index contributed by atoms with van der Waals surface area (Å²) in [6, 6.07) is 32.6. The van der Waals surface area contributed by atoms with E-state index in [1.165, 1.54) is 49.5 Å². The Kier molecular flexibility index (Phi) is 12.5. The van der Waals surface area contributed by atoms with E-state index in [4.69, 9.17) is 14.2 Å². The molecule has 8 aromatic rings. The van der Waals surface area contributed by atoms with E-state index in [2.05, 4.69) is 20.4 Å². The highest BCUT2D eigenvalue weighted by Crippen LogP contribution is 2.29. The van der Waals surface area contributed by atoms with Gasteiger partial charge in [-0.05, 0) is 88.4 Å². The van der Waals surface area contributed by atoms with Crippen molar-refractivity contribution in [3.8, 4) is 22.7 Å². The van der Waals surface area contributed by atoms with E-state index in [0.29, 0.717) is 22.7 Å². The first-order valence-electron chi connectivity index (χ1n) is 20.8. The van der Waals surface area contributed by atoms with Gasteiger partial charge in [-0.1, -0.05) is 54.6 Å². The summed E-state index contributed by atoms with van der Waals surface area (Å²) < 4.78 is 21.3. The lowest BCUT2D eigenvalue weighted by molar-refractivity contribution is 0.0507. The summed E-state index contributed by atoms with van der Waals surface area (Å²) in [7, 11) is 0. The quantitative estimate of drug-likeness (QED) is 0.0548. The zero-order chi connectivity index (χ0) is 46.5. The Morgan fingerprint density at radius 3 is 1.17 bits per heavy atom. The Morgan fingerprint density at radius 2 is 0.788 bits per heavy atom. The van der Waals surface area contributed by atoms with Crippen LogP contribution in [0, 0.1) is 6.92 Å². The largest absolute Gasteiger partial charge is 0.461 e. The van der Waals surface area contributed by atoms with Gasteiger partial charge in [-0.2, -0.15) is 20.4 Å².